The average molecular weight is 422 g/mol. The molecule has 0 fully saturated rings. The van der Waals surface area contributed by atoms with Crippen molar-refractivity contribution in [2.75, 3.05) is 6.54 Å². The Labute approximate surface area is 191 Å². The third-order valence-electron chi connectivity index (χ3n) is 5.41. The Morgan fingerprint density at radius 3 is 2.62 bits per heavy atom. The smallest absolute Gasteiger partial charge is 0.0991 e. The molecule has 1 aromatic heterocycles. The Morgan fingerprint density at radius 2 is 1.94 bits per heavy atom. The molecule has 3 aromatic rings. The van der Waals surface area contributed by atoms with Crippen LogP contribution in [0.5, 0.6) is 0 Å². The molecule has 0 unspecified atom stereocenters. The fraction of sp³-hybridized carbons (Fsp3) is 0.241. The van der Waals surface area contributed by atoms with E-state index >= 15 is 0 Å². The highest BCUT2D eigenvalue weighted by molar-refractivity contribution is 5.69. The molecule has 162 valence electrons. The first-order valence-corrected chi connectivity index (χ1v) is 11.3. The summed E-state index contributed by atoms with van der Waals surface area (Å²) in [5, 5.41) is 9.48. The average Bonchev–Trinajstić information content (AvgIpc) is 2.84. The van der Waals surface area contributed by atoms with Crippen LogP contribution in [-0.4, -0.2) is 11.5 Å². The van der Waals surface area contributed by atoms with Gasteiger partial charge >= 0.3 is 0 Å². The predicted octanol–water partition coefficient (Wildman–Crippen LogP) is 6.19. The van der Waals surface area contributed by atoms with Gasteiger partial charge in [-0.1, -0.05) is 68.0 Å². The van der Waals surface area contributed by atoms with Gasteiger partial charge in [0, 0.05) is 18.3 Å². The second kappa shape index (κ2) is 12.4. The second-order valence-corrected chi connectivity index (χ2v) is 7.89. The van der Waals surface area contributed by atoms with E-state index in [-0.39, 0.29) is 0 Å². The third-order valence-corrected chi connectivity index (χ3v) is 5.41. The predicted molar refractivity (Wildman–Crippen MR) is 133 cm³/mol. The molecule has 0 aliphatic carbocycles. The first kappa shape index (κ1) is 23.2. The minimum Gasteiger partial charge on any atom is -0.330 e. The lowest BCUT2D eigenvalue weighted by Crippen LogP contribution is -2.02. The van der Waals surface area contributed by atoms with Crippen LogP contribution in [0.3, 0.4) is 0 Å². The van der Waals surface area contributed by atoms with Gasteiger partial charge < -0.3 is 5.73 Å². The highest BCUT2D eigenvalue weighted by Crippen LogP contribution is 2.28. The van der Waals surface area contributed by atoms with Gasteiger partial charge in [0.05, 0.1) is 11.6 Å². The van der Waals surface area contributed by atoms with Crippen molar-refractivity contribution in [1.82, 2.24) is 4.98 Å². The molecule has 1 heterocycles. The molecular weight excluding hydrogens is 390 g/mol. The third kappa shape index (κ3) is 6.77. The molecule has 0 bridgehead atoms. The van der Waals surface area contributed by atoms with Crippen LogP contribution < -0.4 is 5.73 Å². The van der Waals surface area contributed by atoms with Crippen molar-refractivity contribution in [2.45, 2.75) is 39.0 Å². The first-order chi connectivity index (χ1) is 15.7. The molecule has 0 amide bonds. The lowest BCUT2D eigenvalue weighted by molar-refractivity contribution is 0.955. The molecule has 0 spiro atoms. The summed E-state index contributed by atoms with van der Waals surface area (Å²) in [6.45, 7) is 2.83. The molecule has 0 radical (unpaired) electrons. The van der Waals surface area contributed by atoms with E-state index < -0.39 is 0 Å². The molecule has 0 saturated heterocycles. The van der Waals surface area contributed by atoms with Gasteiger partial charge in [-0.25, -0.2) is 0 Å². The molecule has 32 heavy (non-hydrogen) atoms. The standard InChI is InChI=1S/C29H31N3/c1-2-3-4-7-24(11-15-28-8-5-6-19-32-28)20-27-21-25(22-31)12-16-29(27)26-13-9-23(10-14-26)17-18-30/h4-14,16,19,21H,2-3,15,17-18,20,30H2,1H3/b7-4+,24-11+. The summed E-state index contributed by atoms with van der Waals surface area (Å²) in [5.74, 6) is 0. The Balaban J connectivity index is 1.94. The van der Waals surface area contributed by atoms with Gasteiger partial charge in [-0.05, 0) is 77.9 Å². The van der Waals surface area contributed by atoms with Crippen LogP contribution in [0.4, 0.5) is 0 Å². The molecule has 3 nitrogen and oxygen atoms in total. The van der Waals surface area contributed by atoms with E-state index in [0.29, 0.717) is 12.1 Å². The summed E-state index contributed by atoms with van der Waals surface area (Å²) >= 11 is 0. The molecule has 2 aromatic carbocycles. The number of pyridine rings is 1. The van der Waals surface area contributed by atoms with Crippen LogP contribution in [0.15, 0.2) is 90.7 Å². The number of nitriles is 1. The highest BCUT2D eigenvalue weighted by atomic mass is 14.7. The highest BCUT2D eigenvalue weighted by Gasteiger charge is 2.09. The van der Waals surface area contributed by atoms with Gasteiger partial charge in [-0.2, -0.15) is 5.26 Å². The number of benzene rings is 2. The summed E-state index contributed by atoms with van der Waals surface area (Å²) in [4.78, 5) is 4.45. The summed E-state index contributed by atoms with van der Waals surface area (Å²) < 4.78 is 0. The summed E-state index contributed by atoms with van der Waals surface area (Å²) in [6.07, 6.45) is 13.1. The van der Waals surface area contributed by atoms with Gasteiger partial charge in [0.1, 0.15) is 0 Å². The van der Waals surface area contributed by atoms with Crippen molar-refractivity contribution < 1.29 is 0 Å². The number of rotatable bonds is 10. The number of unbranched alkanes of at least 4 members (excludes halogenated alkanes) is 1. The Hall–Kier alpha value is -3.48. The zero-order valence-corrected chi connectivity index (χ0v) is 18.8. The van der Waals surface area contributed by atoms with Crippen molar-refractivity contribution >= 4 is 0 Å². The Bertz CT molecular complexity index is 1090. The maximum atomic E-state index is 9.48. The second-order valence-electron chi connectivity index (χ2n) is 7.89. The number of hydrogen-bond acceptors (Lipinski definition) is 3. The van der Waals surface area contributed by atoms with Crippen LogP contribution in [0.1, 0.15) is 42.1 Å². The van der Waals surface area contributed by atoms with Crippen LogP contribution in [0, 0.1) is 11.3 Å². The maximum Gasteiger partial charge on any atom is 0.0991 e. The number of nitrogens with zero attached hydrogens (tertiary/aromatic N) is 2. The van der Waals surface area contributed by atoms with Crippen LogP contribution in [0.2, 0.25) is 0 Å². The van der Waals surface area contributed by atoms with E-state index in [0.717, 1.165) is 54.5 Å². The number of nitrogens with two attached hydrogens (primary N) is 1. The van der Waals surface area contributed by atoms with Crippen LogP contribution in [-0.2, 0) is 19.3 Å². The van der Waals surface area contributed by atoms with Gasteiger partial charge in [-0.3, -0.25) is 4.98 Å². The monoisotopic (exact) mass is 421 g/mol. The van der Waals surface area contributed by atoms with Gasteiger partial charge in [-0.15, -0.1) is 0 Å². The van der Waals surface area contributed by atoms with E-state index in [1.165, 1.54) is 11.1 Å². The quantitative estimate of drug-likeness (QED) is 0.397. The van der Waals surface area contributed by atoms with Crippen molar-refractivity contribution in [3.8, 4) is 17.2 Å². The molecule has 0 atom stereocenters. The van der Waals surface area contributed by atoms with Crippen LogP contribution >= 0.6 is 0 Å². The summed E-state index contributed by atoms with van der Waals surface area (Å²) in [5.41, 5.74) is 13.4. The van der Waals surface area contributed by atoms with E-state index in [1.807, 2.05) is 30.5 Å². The minimum absolute atomic E-state index is 0.649. The molecule has 3 rings (SSSR count). The first-order valence-electron chi connectivity index (χ1n) is 11.3. The normalized spacial score (nSPS) is 11.6. The number of hydrogen-bond donors (Lipinski definition) is 1. The molecular formula is C29H31N3. The lowest BCUT2D eigenvalue weighted by atomic mass is 9.92. The van der Waals surface area contributed by atoms with Gasteiger partial charge in [0.15, 0.2) is 0 Å². The van der Waals surface area contributed by atoms with Crippen molar-refractivity contribution in [2.24, 2.45) is 5.73 Å². The fourth-order valence-corrected chi connectivity index (χ4v) is 3.68. The van der Waals surface area contributed by atoms with E-state index in [2.05, 4.69) is 72.6 Å². The van der Waals surface area contributed by atoms with Gasteiger partial charge in [0.2, 0.25) is 0 Å². The largest absolute Gasteiger partial charge is 0.330 e. The van der Waals surface area contributed by atoms with E-state index in [4.69, 9.17) is 5.73 Å². The minimum atomic E-state index is 0.649. The molecule has 0 aliphatic heterocycles. The maximum absolute atomic E-state index is 9.48. The molecule has 3 heteroatoms. The zero-order valence-electron chi connectivity index (χ0n) is 18.8. The van der Waals surface area contributed by atoms with Crippen molar-refractivity contribution in [1.29, 1.82) is 5.26 Å². The Morgan fingerprint density at radius 1 is 1.09 bits per heavy atom. The van der Waals surface area contributed by atoms with E-state index in [1.54, 1.807) is 0 Å². The zero-order chi connectivity index (χ0) is 22.6. The lowest BCUT2D eigenvalue weighted by Gasteiger charge is -2.12. The van der Waals surface area contributed by atoms with Crippen molar-refractivity contribution in [3.05, 3.63) is 113 Å². The van der Waals surface area contributed by atoms with E-state index in [9.17, 15) is 5.26 Å². The summed E-state index contributed by atoms with van der Waals surface area (Å²) in [7, 11) is 0. The molecule has 0 saturated carbocycles. The van der Waals surface area contributed by atoms with Crippen LogP contribution in [0.25, 0.3) is 11.1 Å². The number of allylic oxidation sites excluding steroid dienone is 4. The SMILES string of the molecule is CCC/C=C/C(=C\Cc1ccccn1)Cc1cc(C#N)ccc1-c1ccc(CCN)cc1. The van der Waals surface area contributed by atoms with Crippen molar-refractivity contribution in [3.63, 3.8) is 0 Å². The topological polar surface area (TPSA) is 62.7 Å². The molecule has 0 aliphatic rings. The molecule has 2 N–H and O–H groups in total. The Kier molecular flexibility index (Phi) is 8.98. The van der Waals surface area contributed by atoms with Gasteiger partial charge in [0.25, 0.3) is 0 Å². The summed E-state index contributed by atoms with van der Waals surface area (Å²) in [6, 6.07) is 22.9. The fourth-order valence-electron chi connectivity index (χ4n) is 3.68. The number of aromatic nitrogens is 1.